The molecule has 0 spiro atoms. The number of urea groups is 1. The van der Waals surface area contributed by atoms with Crippen molar-refractivity contribution in [2.75, 3.05) is 6.54 Å². The van der Waals surface area contributed by atoms with E-state index in [9.17, 15) is 27.9 Å². The van der Waals surface area contributed by atoms with Crippen molar-refractivity contribution >= 4 is 11.9 Å². The smallest absolute Gasteiger partial charge is 0.387 e. The van der Waals surface area contributed by atoms with Crippen molar-refractivity contribution in [3.8, 4) is 0 Å². The molecule has 3 amide bonds. The van der Waals surface area contributed by atoms with Gasteiger partial charge in [-0.05, 0) is 30.0 Å². The van der Waals surface area contributed by atoms with Gasteiger partial charge in [-0.1, -0.05) is 26.0 Å². The number of hydrogen-bond donors (Lipinski definition) is 2. The molecule has 5 nitrogen and oxygen atoms in total. The standard InChI is InChI=1S/C16H19F3N2O3/c1-9(2)6-12-14(23)21(15(24)20-12)8-13(22)10-4-3-5-11(7-10)16(17,18)19/h3-5,7,9,12-13,22H,6,8H2,1-2H3,(H,20,24). The van der Waals surface area contributed by atoms with Crippen LogP contribution >= 0.6 is 0 Å². The molecule has 1 aliphatic heterocycles. The second kappa shape index (κ2) is 6.80. The first-order chi connectivity index (χ1) is 11.1. The number of carbonyl (C=O) groups excluding carboxylic acids is 2. The zero-order chi connectivity index (χ0) is 18.1. The zero-order valence-electron chi connectivity index (χ0n) is 13.3. The molecule has 1 aromatic carbocycles. The summed E-state index contributed by atoms with van der Waals surface area (Å²) in [6.45, 7) is 3.42. The summed E-state index contributed by atoms with van der Waals surface area (Å²) in [6, 6.07) is 2.90. The molecule has 0 bridgehead atoms. The van der Waals surface area contributed by atoms with Crippen LogP contribution in [-0.4, -0.2) is 34.5 Å². The first-order valence-electron chi connectivity index (χ1n) is 7.56. The molecule has 2 atom stereocenters. The summed E-state index contributed by atoms with van der Waals surface area (Å²) in [5, 5.41) is 12.7. The van der Waals surface area contributed by atoms with Crippen molar-refractivity contribution < 1.29 is 27.9 Å². The van der Waals surface area contributed by atoms with Gasteiger partial charge in [0.2, 0.25) is 0 Å². The van der Waals surface area contributed by atoms with E-state index in [0.717, 1.165) is 17.0 Å². The number of aliphatic hydroxyl groups is 1. The van der Waals surface area contributed by atoms with Crippen molar-refractivity contribution in [2.45, 2.75) is 38.6 Å². The van der Waals surface area contributed by atoms with E-state index in [-0.39, 0.29) is 18.0 Å². The quantitative estimate of drug-likeness (QED) is 0.807. The maximum Gasteiger partial charge on any atom is 0.416 e. The van der Waals surface area contributed by atoms with Crippen LogP contribution in [0, 0.1) is 5.92 Å². The van der Waals surface area contributed by atoms with Gasteiger partial charge in [0.1, 0.15) is 6.04 Å². The van der Waals surface area contributed by atoms with Gasteiger partial charge >= 0.3 is 12.2 Å². The average molecular weight is 344 g/mol. The highest BCUT2D eigenvalue weighted by Gasteiger charge is 2.39. The Balaban J connectivity index is 2.11. The molecule has 0 radical (unpaired) electrons. The van der Waals surface area contributed by atoms with Crippen LogP contribution in [0.4, 0.5) is 18.0 Å². The summed E-state index contributed by atoms with van der Waals surface area (Å²) in [5.74, 6) is -0.285. The van der Waals surface area contributed by atoms with Gasteiger partial charge in [-0.3, -0.25) is 9.69 Å². The minimum absolute atomic E-state index is 0.00210. The summed E-state index contributed by atoms with van der Waals surface area (Å²) >= 11 is 0. The van der Waals surface area contributed by atoms with E-state index >= 15 is 0 Å². The van der Waals surface area contributed by atoms with Crippen molar-refractivity contribution in [3.63, 3.8) is 0 Å². The Kier molecular flexibility index (Phi) is 5.17. The predicted molar refractivity (Wildman–Crippen MR) is 79.9 cm³/mol. The van der Waals surface area contributed by atoms with Gasteiger partial charge in [0.05, 0.1) is 18.2 Å². The van der Waals surface area contributed by atoms with Crippen LogP contribution in [0.5, 0.6) is 0 Å². The molecular formula is C16H19F3N2O3. The molecule has 1 aliphatic rings. The van der Waals surface area contributed by atoms with E-state index in [1.165, 1.54) is 12.1 Å². The number of hydrogen-bond acceptors (Lipinski definition) is 3. The number of alkyl halides is 3. The third kappa shape index (κ3) is 4.05. The maximum atomic E-state index is 12.7. The molecule has 0 aliphatic carbocycles. The van der Waals surface area contributed by atoms with Crippen molar-refractivity contribution in [3.05, 3.63) is 35.4 Å². The topological polar surface area (TPSA) is 69.6 Å². The number of imide groups is 1. The van der Waals surface area contributed by atoms with Gasteiger partial charge in [0.25, 0.3) is 5.91 Å². The lowest BCUT2D eigenvalue weighted by molar-refractivity contribution is -0.137. The average Bonchev–Trinajstić information content (AvgIpc) is 2.73. The number of carbonyl (C=O) groups is 2. The van der Waals surface area contributed by atoms with Crippen molar-refractivity contribution in [1.29, 1.82) is 0 Å². The Labute approximate surface area is 137 Å². The molecule has 2 N–H and O–H groups in total. The number of halogens is 3. The highest BCUT2D eigenvalue weighted by Crippen LogP contribution is 2.31. The minimum atomic E-state index is -4.53. The zero-order valence-corrected chi connectivity index (χ0v) is 13.3. The van der Waals surface area contributed by atoms with E-state index in [1.807, 2.05) is 13.8 Å². The van der Waals surface area contributed by atoms with E-state index < -0.39 is 35.8 Å². The molecule has 2 unspecified atom stereocenters. The molecule has 1 heterocycles. The van der Waals surface area contributed by atoms with Gasteiger partial charge in [-0.25, -0.2) is 4.79 Å². The van der Waals surface area contributed by atoms with E-state index in [0.29, 0.717) is 6.42 Å². The molecule has 1 saturated heterocycles. The highest BCUT2D eigenvalue weighted by atomic mass is 19.4. The number of β-amino-alcohol motifs (C(OH)–C–C–N with tert-alkyl or cyclic N) is 1. The lowest BCUT2D eigenvalue weighted by Crippen LogP contribution is -2.35. The molecule has 2 rings (SSSR count). The normalized spacial score (nSPS) is 19.8. The van der Waals surface area contributed by atoms with Crippen LogP contribution in [0.1, 0.15) is 37.5 Å². The van der Waals surface area contributed by atoms with E-state index in [2.05, 4.69) is 5.32 Å². The fraction of sp³-hybridized carbons (Fsp3) is 0.500. The number of rotatable bonds is 5. The third-order valence-electron chi connectivity index (χ3n) is 3.77. The fourth-order valence-corrected chi connectivity index (χ4v) is 2.58. The van der Waals surface area contributed by atoms with Crippen molar-refractivity contribution in [1.82, 2.24) is 10.2 Å². The van der Waals surface area contributed by atoms with Crippen LogP contribution in [0.25, 0.3) is 0 Å². The first kappa shape index (κ1) is 18.3. The highest BCUT2D eigenvalue weighted by molar-refractivity contribution is 6.04. The first-order valence-corrected chi connectivity index (χ1v) is 7.56. The number of nitrogens with one attached hydrogen (secondary N) is 1. The Morgan fingerprint density at radius 2 is 1.96 bits per heavy atom. The Morgan fingerprint density at radius 3 is 2.54 bits per heavy atom. The Hall–Kier alpha value is -2.09. The largest absolute Gasteiger partial charge is 0.416 e. The molecule has 1 fully saturated rings. The number of aliphatic hydroxyl groups excluding tert-OH is 1. The molecule has 0 saturated carbocycles. The van der Waals surface area contributed by atoms with E-state index in [4.69, 9.17) is 0 Å². The molecule has 1 aromatic rings. The Morgan fingerprint density at radius 1 is 1.29 bits per heavy atom. The molecule has 24 heavy (non-hydrogen) atoms. The fourth-order valence-electron chi connectivity index (χ4n) is 2.58. The second-order valence-corrected chi connectivity index (χ2v) is 6.22. The van der Waals surface area contributed by atoms with E-state index in [1.54, 1.807) is 0 Å². The monoisotopic (exact) mass is 344 g/mol. The van der Waals surface area contributed by atoms with Crippen LogP contribution in [0.2, 0.25) is 0 Å². The van der Waals surface area contributed by atoms with Gasteiger partial charge in [-0.15, -0.1) is 0 Å². The number of amides is 3. The van der Waals surface area contributed by atoms with Gasteiger partial charge in [0.15, 0.2) is 0 Å². The summed E-state index contributed by atoms with van der Waals surface area (Å²) in [4.78, 5) is 24.9. The summed E-state index contributed by atoms with van der Waals surface area (Å²) in [5.41, 5.74) is -0.897. The maximum absolute atomic E-state index is 12.7. The molecular weight excluding hydrogens is 325 g/mol. The lowest BCUT2D eigenvalue weighted by atomic mass is 10.0. The summed E-state index contributed by atoms with van der Waals surface area (Å²) in [7, 11) is 0. The van der Waals surface area contributed by atoms with Crippen molar-refractivity contribution in [2.24, 2.45) is 5.92 Å². The van der Waals surface area contributed by atoms with Gasteiger partial charge < -0.3 is 10.4 Å². The van der Waals surface area contributed by atoms with Crippen LogP contribution < -0.4 is 5.32 Å². The van der Waals surface area contributed by atoms with Crippen LogP contribution in [0.15, 0.2) is 24.3 Å². The summed E-state index contributed by atoms with van der Waals surface area (Å²) < 4.78 is 38.2. The number of nitrogens with zero attached hydrogens (tertiary/aromatic N) is 1. The minimum Gasteiger partial charge on any atom is -0.387 e. The molecule has 132 valence electrons. The Bertz CT molecular complexity index is 631. The predicted octanol–water partition coefficient (Wildman–Crippen LogP) is 2.71. The van der Waals surface area contributed by atoms with Crippen LogP contribution in [-0.2, 0) is 11.0 Å². The molecule has 0 aromatic heterocycles. The SMILES string of the molecule is CC(C)CC1NC(=O)N(CC(O)c2cccc(C(F)(F)F)c2)C1=O. The summed E-state index contributed by atoms with van der Waals surface area (Å²) in [6.07, 6.45) is -5.46. The third-order valence-corrected chi connectivity index (χ3v) is 3.77. The lowest BCUT2D eigenvalue weighted by Gasteiger charge is -2.19. The van der Waals surface area contributed by atoms with Gasteiger partial charge in [0, 0.05) is 0 Å². The van der Waals surface area contributed by atoms with Crippen LogP contribution in [0.3, 0.4) is 0 Å². The molecule has 8 heteroatoms. The second-order valence-electron chi connectivity index (χ2n) is 6.22. The van der Waals surface area contributed by atoms with Gasteiger partial charge in [-0.2, -0.15) is 13.2 Å². The number of benzene rings is 1.